The molecule has 4 rings (SSSR count). The predicted molar refractivity (Wildman–Crippen MR) is 112 cm³/mol. The molecule has 0 spiro atoms. The Morgan fingerprint density at radius 1 is 1.29 bits per heavy atom. The molecular weight excluding hydrogens is 417 g/mol. The van der Waals surface area contributed by atoms with E-state index < -0.39 is 0 Å². The van der Waals surface area contributed by atoms with Gasteiger partial charge in [-0.3, -0.25) is 0 Å². The maximum atomic E-state index is 10.1. The fourth-order valence-corrected chi connectivity index (χ4v) is 5.46. The zero-order valence-corrected chi connectivity index (χ0v) is 17.6. The average molecular weight is 434 g/mol. The number of thiophene rings is 1. The number of aromatic nitrogens is 3. The molecule has 0 saturated carbocycles. The molecule has 9 heteroatoms. The lowest BCUT2D eigenvalue weighted by Gasteiger charge is -2.39. The van der Waals surface area contributed by atoms with Gasteiger partial charge in [0.15, 0.2) is 5.82 Å². The standard InChI is InChI=1S/C19H17Cl2N5OS/c1-10-7-27-8-11(2)26(10)19-14(6-22)16(13-4-3-12(20)5-15(13)21)17(28-19)18-23-9-24-25-18/h3-5,9-11H,7-8H2,1-2H3,(H,23,24,25)/t10-,11+. The Morgan fingerprint density at radius 3 is 2.64 bits per heavy atom. The van der Waals surface area contributed by atoms with Crippen molar-refractivity contribution in [3.8, 4) is 27.9 Å². The Morgan fingerprint density at radius 2 is 2.04 bits per heavy atom. The second kappa shape index (κ2) is 7.72. The highest BCUT2D eigenvalue weighted by Gasteiger charge is 2.33. The minimum absolute atomic E-state index is 0.144. The second-order valence-electron chi connectivity index (χ2n) is 6.70. The highest BCUT2D eigenvalue weighted by atomic mass is 35.5. The van der Waals surface area contributed by atoms with Crippen LogP contribution in [0.3, 0.4) is 0 Å². The van der Waals surface area contributed by atoms with Crippen LogP contribution in [0.4, 0.5) is 5.00 Å². The van der Waals surface area contributed by atoms with Crippen LogP contribution in [0.2, 0.25) is 10.0 Å². The molecule has 3 heterocycles. The molecule has 0 bridgehead atoms. The third-order valence-electron chi connectivity index (χ3n) is 4.74. The van der Waals surface area contributed by atoms with Crippen molar-refractivity contribution in [2.24, 2.45) is 0 Å². The van der Waals surface area contributed by atoms with Gasteiger partial charge in [-0.2, -0.15) is 5.26 Å². The van der Waals surface area contributed by atoms with Gasteiger partial charge in [0.2, 0.25) is 0 Å². The molecule has 1 aliphatic heterocycles. The molecule has 28 heavy (non-hydrogen) atoms. The van der Waals surface area contributed by atoms with Crippen molar-refractivity contribution in [1.82, 2.24) is 15.2 Å². The Balaban J connectivity index is 1.99. The monoisotopic (exact) mass is 433 g/mol. The van der Waals surface area contributed by atoms with Crippen LogP contribution in [0.15, 0.2) is 24.5 Å². The summed E-state index contributed by atoms with van der Waals surface area (Å²) in [4.78, 5) is 6.12. The lowest BCUT2D eigenvalue weighted by molar-refractivity contribution is 0.0760. The fraction of sp³-hybridized carbons (Fsp3) is 0.316. The smallest absolute Gasteiger partial charge is 0.171 e. The number of aromatic amines is 1. The molecule has 6 nitrogen and oxygen atoms in total. The molecule has 1 saturated heterocycles. The summed E-state index contributed by atoms with van der Waals surface area (Å²) in [5.74, 6) is 0.599. The molecule has 2 aromatic heterocycles. The molecule has 0 radical (unpaired) electrons. The number of nitrogens with one attached hydrogen (secondary N) is 1. The van der Waals surface area contributed by atoms with Gasteiger partial charge in [-0.25, -0.2) is 0 Å². The molecule has 0 aliphatic carbocycles. The van der Waals surface area contributed by atoms with Crippen molar-refractivity contribution >= 4 is 39.5 Å². The van der Waals surface area contributed by atoms with E-state index in [1.807, 2.05) is 6.07 Å². The number of nitrogens with zero attached hydrogens (tertiary/aromatic N) is 4. The SMILES string of the molecule is C[C@@H]1COC[C@H](C)N1c1sc(-c2nnc[nH]2)c(-c2ccc(Cl)cc2Cl)c1C#N. The Hall–Kier alpha value is -2.11. The number of ether oxygens (including phenoxy) is 1. The van der Waals surface area contributed by atoms with E-state index in [2.05, 4.69) is 40.0 Å². The van der Waals surface area contributed by atoms with E-state index in [1.54, 1.807) is 12.1 Å². The van der Waals surface area contributed by atoms with Crippen LogP contribution in [-0.2, 0) is 4.74 Å². The van der Waals surface area contributed by atoms with Gasteiger partial charge in [0.25, 0.3) is 0 Å². The molecular formula is C19H17Cl2N5OS. The van der Waals surface area contributed by atoms with Crippen LogP contribution >= 0.6 is 34.5 Å². The van der Waals surface area contributed by atoms with Crippen molar-refractivity contribution in [2.45, 2.75) is 25.9 Å². The van der Waals surface area contributed by atoms with E-state index in [0.717, 1.165) is 21.0 Å². The van der Waals surface area contributed by atoms with Crippen molar-refractivity contribution in [2.75, 3.05) is 18.1 Å². The van der Waals surface area contributed by atoms with E-state index >= 15 is 0 Å². The van der Waals surface area contributed by atoms with Gasteiger partial charge in [-0.05, 0) is 26.0 Å². The number of nitriles is 1. The molecule has 3 aromatic rings. The highest BCUT2D eigenvalue weighted by molar-refractivity contribution is 7.20. The molecule has 1 aliphatic rings. The van der Waals surface area contributed by atoms with Crippen LogP contribution in [0.1, 0.15) is 19.4 Å². The number of rotatable bonds is 3. The summed E-state index contributed by atoms with van der Waals surface area (Å²) < 4.78 is 5.66. The number of benzene rings is 1. The lowest BCUT2D eigenvalue weighted by atomic mass is 10.0. The van der Waals surface area contributed by atoms with E-state index in [9.17, 15) is 5.26 Å². The number of morpholine rings is 1. The van der Waals surface area contributed by atoms with Gasteiger partial charge >= 0.3 is 0 Å². The highest BCUT2D eigenvalue weighted by Crippen LogP contribution is 2.49. The molecule has 2 atom stereocenters. The summed E-state index contributed by atoms with van der Waals surface area (Å²) in [6, 6.07) is 7.98. The van der Waals surface area contributed by atoms with E-state index in [4.69, 9.17) is 27.9 Å². The zero-order valence-electron chi connectivity index (χ0n) is 15.2. The Bertz CT molecular complexity index is 1030. The van der Waals surface area contributed by atoms with Crippen LogP contribution in [0.5, 0.6) is 0 Å². The zero-order chi connectivity index (χ0) is 19.8. The predicted octanol–water partition coefficient (Wildman–Crippen LogP) is 4.99. The first-order chi connectivity index (χ1) is 13.5. The molecule has 0 unspecified atom stereocenters. The summed E-state index contributed by atoms with van der Waals surface area (Å²) in [5, 5.41) is 20.1. The summed E-state index contributed by atoms with van der Waals surface area (Å²) in [6.07, 6.45) is 1.52. The molecule has 144 valence electrons. The van der Waals surface area contributed by atoms with Crippen molar-refractivity contribution in [1.29, 1.82) is 5.26 Å². The quantitative estimate of drug-likeness (QED) is 0.628. The Kier molecular flexibility index (Phi) is 5.30. The first-order valence-corrected chi connectivity index (χ1v) is 10.3. The molecule has 0 amide bonds. The van der Waals surface area contributed by atoms with Gasteiger partial charge < -0.3 is 14.6 Å². The van der Waals surface area contributed by atoms with Crippen LogP contribution in [-0.4, -0.2) is 40.5 Å². The fourth-order valence-electron chi connectivity index (χ4n) is 3.54. The van der Waals surface area contributed by atoms with Crippen molar-refractivity contribution < 1.29 is 4.74 Å². The largest absolute Gasteiger partial charge is 0.377 e. The Labute approximate surface area is 176 Å². The van der Waals surface area contributed by atoms with Crippen molar-refractivity contribution in [3.63, 3.8) is 0 Å². The lowest BCUT2D eigenvalue weighted by Crippen LogP contribution is -2.49. The first-order valence-electron chi connectivity index (χ1n) is 8.76. The van der Waals surface area contributed by atoms with Gasteiger partial charge in [-0.1, -0.05) is 29.3 Å². The number of halogens is 2. The number of anilines is 1. The van der Waals surface area contributed by atoms with Gasteiger partial charge in [0, 0.05) is 21.2 Å². The summed E-state index contributed by atoms with van der Waals surface area (Å²) in [6.45, 7) is 5.42. The second-order valence-corrected chi connectivity index (χ2v) is 8.55. The van der Waals surface area contributed by atoms with Crippen LogP contribution in [0, 0.1) is 11.3 Å². The number of H-pyrrole nitrogens is 1. The van der Waals surface area contributed by atoms with Crippen molar-refractivity contribution in [3.05, 3.63) is 40.1 Å². The summed E-state index contributed by atoms with van der Waals surface area (Å²) in [7, 11) is 0. The van der Waals surface area contributed by atoms with E-state index in [-0.39, 0.29) is 12.1 Å². The van der Waals surface area contributed by atoms with Crippen LogP contribution in [0.25, 0.3) is 21.8 Å². The number of hydrogen-bond acceptors (Lipinski definition) is 6. The topological polar surface area (TPSA) is 77.8 Å². The summed E-state index contributed by atoms with van der Waals surface area (Å²) >= 11 is 14.1. The summed E-state index contributed by atoms with van der Waals surface area (Å²) in [5.41, 5.74) is 2.05. The maximum Gasteiger partial charge on any atom is 0.171 e. The maximum absolute atomic E-state index is 10.1. The molecule has 1 fully saturated rings. The minimum Gasteiger partial charge on any atom is -0.377 e. The third-order valence-corrected chi connectivity index (χ3v) is 6.49. The normalized spacial score (nSPS) is 19.6. The number of hydrogen-bond donors (Lipinski definition) is 1. The molecule has 1 aromatic carbocycles. The van der Waals surface area contributed by atoms with E-state index in [1.165, 1.54) is 17.7 Å². The van der Waals surface area contributed by atoms with Gasteiger partial charge in [0.1, 0.15) is 17.4 Å². The average Bonchev–Trinajstić information content (AvgIpc) is 3.29. The van der Waals surface area contributed by atoms with Gasteiger partial charge in [-0.15, -0.1) is 21.5 Å². The van der Waals surface area contributed by atoms with Crippen LogP contribution < -0.4 is 4.90 Å². The minimum atomic E-state index is 0.144. The molecule has 1 N–H and O–H groups in total. The first kappa shape index (κ1) is 19.2. The van der Waals surface area contributed by atoms with Gasteiger partial charge in [0.05, 0.1) is 35.7 Å². The van der Waals surface area contributed by atoms with E-state index in [0.29, 0.717) is 34.6 Å². The third kappa shape index (κ3) is 3.27.